The fourth-order valence-corrected chi connectivity index (χ4v) is 1.23. The Balaban J connectivity index is 2.34. The average Bonchev–Trinajstić information content (AvgIpc) is 2.54. The molecule has 0 radical (unpaired) electrons. The lowest BCUT2D eigenvalue weighted by molar-refractivity contribution is -0.178. The third-order valence-electron chi connectivity index (χ3n) is 1.89. The zero-order valence-electron chi connectivity index (χ0n) is 8.12. The Morgan fingerprint density at radius 2 is 2.31 bits per heavy atom. The van der Waals surface area contributed by atoms with Crippen LogP contribution >= 0.6 is 0 Å². The van der Waals surface area contributed by atoms with E-state index in [1.54, 1.807) is 6.92 Å². The molecule has 0 bridgehead atoms. The van der Waals surface area contributed by atoms with Gasteiger partial charge < -0.3 is 14.2 Å². The minimum absolute atomic E-state index is 0.194. The summed E-state index contributed by atoms with van der Waals surface area (Å²) in [5.74, 6) is -0.194. The molecule has 1 aliphatic rings. The highest BCUT2D eigenvalue weighted by atomic mass is 16.7. The zero-order chi connectivity index (χ0) is 9.68. The fourth-order valence-electron chi connectivity index (χ4n) is 1.23. The molecule has 13 heavy (non-hydrogen) atoms. The van der Waals surface area contributed by atoms with Crippen LogP contribution in [0.1, 0.15) is 26.7 Å². The number of carbonyl (C=O) groups is 1. The Hall–Kier alpha value is -0.610. The van der Waals surface area contributed by atoms with Crippen molar-refractivity contribution in [1.29, 1.82) is 0 Å². The van der Waals surface area contributed by atoms with Crippen molar-refractivity contribution in [3.63, 3.8) is 0 Å². The number of carbonyl (C=O) groups excluding carboxylic acids is 1. The smallest absolute Gasteiger partial charge is 0.305 e. The minimum atomic E-state index is -0.361. The van der Waals surface area contributed by atoms with Crippen LogP contribution in [-0.4, -0.2) is 31.6 Å². The summed E-state index contributed by atoms with van der Waals surface area (Å²) < 4.78 is 15.6. The van der Waals surface area contributed by atoms with Crippen molar-refractivity contribution in [2.75, 3.05) is 13.2 Å². The largest absolute Gasteiger partial charge is 0.457 e. The van der Waals surface area contributed by atoms with Gasteiger partial charge in [-0.1, -0.05) is 6.92 Å². The molecule has 0 amide bonds. The molecule has 0 spiro atoms. The van der Waals surface area contributed by atoms with Crippen LogP contribution in [0.15, 0.2) is 0 Å². The van der Waals surface area contributed by atoms with E-state index in [4.69, 9.17) is 14.2 Å². The van der Waals surface area contributed by atoms with Crippen molar-refractivity contribution in [2.24, 2.45) is 0 Å². The summed E-state index contributed by atoms with van der Waals surface area (Å²) in [6.45, 7) is 4.84. The first-order valence-electron chi connectivity index (χ1n) is 4.70. The van der Waals surface area contributed by atoms with E-state index in [0.717, 1.165) is 6.42 Å². The quantitative estimate of drug-likeness (QED) is 0.619. The number of rotatable bonds is 4. The van der Waals surface area contributed by atoms with Crippen LogP contribution in [0.4, 0.5) is 0 Å². The first-order chi connectivity index (χ1) is 6.27. The molecule has 1 rings (SSSR count). The Labute approximate surface area is 78.2 Å². The van der Waals surface area contributed by atoms with E-state index in [1.165, 1.54) is 0 Å². The second kappa shape index (κ2) is 5.19. The van der Waals surface area contributed by atoms with Gasteiger partial charge in [0.1, 0.15) is 0 Å². The first-order valence-corrected chi connectivity index (χ1v) is 4.70. The summed E-state index contributed by atoms with van der Waals surface area (Å²) in [7, 11) is 0. The van der Waals surface area contributed by atoms with Gasteiger partial charge in [0.25, 0.3) is 0 Å². The van der Waals surface area contributed by atoms with Crippen LogP contribution in [0.25, 0.3) is 0 Å². The van der Waals surface area contributed by atoms with E-state index in [-0.39, 0.29) is 18.4 Å². The minimum Gasteiger partial charge on any atom is -0.457 e. The molecule has 1 fully saturated rings. The zero-order valence-corrected chi connectivity index (χ0v) is 8.12. The third-order valence-corrected chi connectivity index (χ3v) is 1.89. The molecule has 0 N–H and O–H groups in total. The molecule has 4 nitrogen and oxygen atoms in total. The van der Waals surface area contributed by atoms with Crippen LogP contribution in [-0.2, 0) is 19.0 Å². The molecular weight excluding hydrogens is 172 g/mol. The van der Waals surface area contributed by atoms with Crippen molar-refractivity contribution in [2.45, 2.75) is 39.1 Å². The number of ether oxygens (including phenoxy) is 3. The van der Waals surface area contributed by atoms with Gasteiger partial charge in [-0.05, 0) is 6.92 Å². The molecule has 0 aromatic heterocycles. The van der Waals surface area contributed by atoms with E-state index in [2.05, 4.69) is 0 Å². The summed E-state index contributed by atoms with van der Waals surface area (Å²) in [5.41, 5.74) is 0. The lowest BCUT2D eigenvalue weighted by atomic mass is 10.3. The highest BCUT2D eigenvalue weighted by Crippen LogP contribution is 2.18. The van der Waals surface area contributed by atoms with Gasteiger partial charge in [-0.15, -0.1) is 0 Å². The van der Waals surface area contributed by atoms with E-state index < -0.39 is 0 Å². The predicted octanol–water partition coefficient (Wildman–Crippen LogP) is 1.09. The van der Waals surface area contributed by atoms with Crippen LogP contribution in [0.2, 0.25) is 0 Å². The van der Waals surface area contributed by atoms with Gasteiger partial charge in [-0.25, -0.2) is 0 Å². The van der Waals surface area contributed by atoms with Crippen LogP contribution in [0, 0.1) is 0 Å². The number of hydrogen-bond acceptors (Lipinski definition) is 4. The second-order valence-electron chi connectivity index (χ2n) is 2.87. The van der Waals surface area contributed by atoms with Crippen molar-refractivity contribution < 1.29 is 19.0 Å². The average molecular weight is 188 g/mol. The van der Waals surface area contributed by atoms with Crippen LogP contribution in [0.5, 0.6) is 0 Å². The molecule has 2 atom stereocenters. The van der Waals surface area contributed by atoms with E-state index in [9.17, 15) is 4.79 Å². The molecule has 1 heterocycles. The lowest BCUT2D eigenvalue weighted by Gasteiger charge is -2.18. The summed E-state index contributed by atoms with van der Waals surface area (Å²) in [4.78, 5) is 11.0. The summed E-state index contributed by atoms with van der Waals surface area (Å²) in [6.07, 6.45) is 0.555. The predicted molar refractivity (Wildman–Crippen MR) is 46.2 cm³/mol. The summed E-state index contributed by atoms with van der Waals surface area (Å²) in [6, 6.07) is 0. The molecule has 0 aliphatic carbocycles. The van der Waals surface area contributed by atoms with E-state index in [0.29, 0.717) is 19.6 Å². The van der Waals surface area contributed by atoms with Gasteiger partial charge in [0.05, 0.1) is 6.61 Å². The maximum absolute atomic E-state index is 11.0. The molecule has 0 unspecified atom stereocenters. The van der Waals surface area contributed by atoms with Gasteiger partial charge in [-0.2, -0.15) is 0 Å². The number of hydrogen-bond donors (Lipinski definition) is 0. The molecule has 76 valence electrons. The van der Waals surface area contributed by atoms with E-state index in [1.807, 2.05) is 6.92 Å². The van der Waals surface area contributed by atoms with Gasteiger partial charge in [0.15, 0.2) is 12.4 Å². The van der Waals surface area contributed by atoms with Gasteiger partial charge in [0, 0.05) is 19.4 Å². The van der Waals surface area contributed by atoms with Crippen molar-refractivity contribution in [1.82, 2.24) is 0 Å². The second-order valence-corrected chi connectivity index (χ2v) is 2.87. The Morgan fingerprint density at radius 3 is 2.92 bits per heavy atom. The third kappa shape index (κ3) is 2.97. The van der Waals surface area contributed by atoms with Gasteiger partial charge >= 0.3 is 5.97 Å². The van der Waals surface area contributed by atoms with Crippen LogP contribution < -0.4 is 0 Å². The number of esters is 1. The fraction of sp³-hybridized carbons (Fsp3) is 0.889. The molecule has 0 aromatic rings. The highest BCUT2D eigenvalue weighted by Gasteiger charge is 2.31. The molecule has 4 heteroatoms. The topological polar surface area (TPSA) is 44.8 Å². The molecule has 0 saturated carbocycles. The highest BCUT2D eigenvalue weighted by molar-refractivity contribution is 5.69. The van der Waals surface area contributed by atoms with E-state index >= 15 is 0 Å². The Morgan fingerprint density at radius 1 is 1.54 bits per heavy atom. The maximum Gasteiger partial charge on any atom is 0.305 e. The van der Waals surface area contributed by atoms with Gasteiger partial charge in [-0.3, -0.25) is 4.79 Å². The summed E-state index contributed by atoms with van der Waals surface area (Å²) in [5, 5.41) is 0. The van der Waals surface area contributed by atoms with Crippen LogP contribution in [0.3, 0.4) is 0 Å². The molecular formula is C9H16O4. The monoisotopic (exact) mass is 188 g/mol. The normalized spacial score (nSPS) is 27.5. The van der Waals surface area contributed by atoms with Crippen molar-refractivity contribution >= 4 is 5.97 Å². The molecule has 0 aromatic carbocycles. The SMILES string of the molecule is CCO[C@H]1OCC[C@H]1OC(=O)CC. The lowest BCUT2D eigenvalue weighted by Crippen LogP contribution is -2.29. The maximum atomic E-state index is 11.0. The van der Waals surface area contributed by atoms with Crippen molar-refractivity contribution in [3.05, 3.63) is 0 Å². The van der Waals surface area contributed by atoms with Crippen molar-refractivity contribution in [3.8, 4) is 0 Å². The Bertz CT molecular complexity index is 169. The molecule has 1 aliphatic heterocycles. The Kier molecular flexibility index (Phi) is 4.18. The standard InChI is InChI=1S/C9H16O4/c1-3-8(10)13-7-5-6-12-9(7)11-4-2/h7,9H,3-6H2,1-2H3/t7-,9+/m1/s1. The van der Waals surface area contributed by atoms with Gasteiger partial charge in [0.2, 0.25) is 0 Å². The first kappa shape index (κ1) is 10.5. The molecule has 1 saturated heterocycles. The summed E-state index contributed by atoms with van der Waals surface area (Å²) >= 11 is 0.